The molecule has 2 N–H and O–H groups in total. The molecule has 98 valence electrons. The quantitative estimate of drug-likeness (QED) is 0.897. The molecule has 1 aromatic carbocycles. The molecule has 1 aromatic rings. The van der Waals surface area contributed by atoms with Crippen LogP contribution >= 0.6 is 23.2 Å². The number of amides is 3. The van der Waals surface area contributed by atoms with E-state index in [1.807, 2.05) is 0 Å². The maximum Gasteiger partial charge on any atom is 0.321 e. The van der Waals surface area contributed by atoms with Crippen LogP contribution in [0.15, 0.2) is 18.2 Å². The van der Waals surface area contributed by atoms with E-state index >= 15 is 0 Å². The van der Waals surface area contributed by atoms with E-state index in [4.69, 9.17) is 27.9 Å². The number of hydrogen-bond donors (Lipinski definition) is 2. The smallest absolute Gasteiger partial charge is 0.321 e. The molecule has 0 aliphatic carbocycles. The number of hydrogen-bond acceptors (Lipinski definition) is 3. The van der Waals surface area contributed by atoms with Gasteiger partial charge in [-0.05, 0) is 19.1 Å². The summed E-state index contributed by atoms with van der Waals surface area (Å²) >= 11 is 11.7. The molecule has 1 atom stereocenters. The van der Waals surface area contributed by atoms with Crippen LogP contribution in [0.25, 0.3) is 0 Å². The number of rotatable bonds is 3. The molecule has 0 radical (unpaired) electrons. The van der Waals surface area contributed by atoms with Crippen molar-refractivity contribution in [1.82, 2.24) is 10.6 Å². The number of urea groups is 1. The Morgan fingerprint density at radius 3 is 2.61 bits per heavy atom. The molecule has 0 fully saturated rings. The Labute approximate surface area is 114 Å². The molecule has 5 nitrogen and oxygen atoms in total. The monoisotopic (exact) mass is 290 g/mol. The zero-order valence-electron chi connectivity index (χ0n) is 9.79. The molecule has 0 aliphatic heterocycles. The van der Waals surface area contributed by atoms with Gasteiger partial charge in [0.2, 0.25) is 0 Å². The highest BCUT2D eigenvalue weighted by atomic mass is 35.5. The number of carbonyl (C=O) groups is 2. The normalized spacial score (nSPS) is 11.6. The van der Waals surface area contributed by atoms with Gasteiger partial charge in [-0.25, -0.2) is 4.79 Å². The summed E-state index contributed by atoms with van der Waals surface area (Å²) in [6.07, 6.45) is -0.877. The van der Waals surface area contributed by atoms with Gasteiger partial charge in [0, 0.05) is 7.05 Å². The summed E-state index contributed by atoms with van der Waals surface area (Å²) in [5.74, 6) is -0.297. The first-order chi connectivity index (χ1) is 8.45. The number of ether oxygens (including phenoxy) is 1. The van der Waals surface area contributed by atoms with Crippen molar-refractivity contribution in [3.8, 4) is 5.75 Å². The molecule has 0 saturated carbocycles. The Morgan fingerprint density at radius 1 is 1.33 bits per heavy atom. The van der Waals surface area contributed by atoms with E-state index in [1.54, 1.807) is 18.2 Å². The molecule has 0 spiro atoms. The van der Waals surface area contributed by atoms with Crippen LogP contribution in [0.5, 0.6) is 5.75 Å². The largest absolute Gasteiger partial charge is 0.479 e. The molecule has 0 saturated heterocycles. The predicted molar refractivity (Wildman–Crippen MR) is 69.2 cm³/mol. The number of carbonyl (C=O) groups excluding carboxylic acids is 2. The standard InChI is InChI=1S/C11H12Cl2N2O3/c1-6(10(16)15-11(17)14-2)18-8-5-3-4-7(12)9(8)13/h3-6H,1-2H3,(H2,14,15,16,17). The number of nitrogens with one attached hydrogen (secondary N) is 2. The van der Waals surface area contributed by atoms with E-state index in [0.717, 1.165) is 0 Å². The van der Waals surface area contributed by atoms with Crippen LogP contribution in [-0.4, -0.2) is 25.1 Å². The second-order valence-corrected chi connectivity index (χ2v) is 4.17. The zero-order valence-corrected chi connectivity index (χ0v) is 11.3. The minimum Gasteiger partial charge on any atom is -0.479 e. The van der Waals surface area contributed by atoms with Gasteiger partial charge in [-0.15, -0.1) is 0 Å². The van der Waals surface area contributed by atoms with Crippen molar-refractivity contribution in [3.63, 3.8) is 0 Å². The van der Waals surface area contributed by atoms with Crippen molar-refractivity contribution >= 4 is 35.1 Å². The van der Waals surface area contributed by atoms with Crippen LogP contribution in [-0.2, 0) is 4.79 Å². The molecule has 7 heteroatoms. The fourth-order valence-electron chi connectivity index (χ4n) is 1.10. The van der Waals surface area contributed by atoms with E-state index in [2.05, 4.69) is 10.6 Å². The van der Waals surface area contributed by atoms with Gasteiger partial charge in [-0.2, -0.15) is 0 Å². The Kier molecular flexibility index (Phi) is 5.25. The average Bonchev–Trinajstić information content (AvgIpc) is 2.34. The van der Waals surface area contributed by atoms with Crippen molar-refractivity contribution < 1.29 is 14.3 Å². The summed E-state index contributed by atoms with van der Waals surface area (Å²) in [6, 6.07) is 4.23. The molecule has 18 heavy (non-hydrogen) atoms. The third-order valence-corrected chi connectivity index (χ3v) is 2.85. The molecule has 0 aliphatic rings. The lowest BCUT2D eigenvalue weighted by atomic mass is 10.3. The van der Waals surface area contributed by atoms with E-state index in [-0.39, 0.29) is 10.8 Å². The molecular formula is C11H12Cl2N2O3. The Morgan fingerprint density at radius 2 is 2.00 bits per heavy atom. The lowest BCUT2D eigenvalue weighted by Crippen LogP contribution is -2.43. The van der Waals surface area contributed by atoms with Crippen molar-refractivity contribution in [2.75, 3.05) is 7.05 Å². The van der Waals surface area contributed by atoms with Gasteiger partial charge in [0.1, 0.15) is 10.8 Å². The van der Waals surface area contributed by atoms with Crippen LogP contribution in [0, 0.1) is 0 Å². The highest BCUT2D eigenvalue weighted by Gasteiger charge is 2.18. The van der Waals surface area contributed by atoms with Gasteiger partial charge in [0.15, 0.2) is 6.10 Å². The fourth-order valence-corrected chi connectivity index (χ4v) is 1.43. The van der Waals surface area contributed by atoms with Gasteiger partial charge in [0.05, 0.1) is 5.02 Å². The number of imide groups is 1. The van der Waals surface area contributed by atoms with Gasteiger partial charge < -0.3 is 10.1 Å². The lowest BCUT2D eigenvalue weighted by Gasteiger charge is -2.15. The molecule has 0 aromatic heterocycles. The van der Waals surface area contributed by atoms with Crippen LogP contribution in [0.4, 0.5) is 4.79 Å². The molecule has 1 rings (SSSR count). The predicted octanol–water partition coefficient (Wildman–Crippen LogP) is 2.22. The van der Waals surface area contributed by atoms with E-state index in [9.17, 15) is 9.59 Å². The minimum atomic E-state index is -0.877. The summed E-state index contributed by atoms with van der Waals surface area (Å²) in [5, 5.41) is 4.90. The van der Waals surface area contributed by atoms with Crippen molar-refractivity contribution in [1.29, 1.82) is 0 Å². The highest BCUT2D eigenvalue weighted by molar-refractivity contribution is 6.42. The van der Waals surface area contributed by atoms with Gasteiger partial charge in [0.25, 0.3) is 5.91 Å². The first-order valence-electron chi connectivity index (χ1n) is 5.09. The first kappa shape index (κ1) is 14.6. The van der Waals surface area contributed by atoms with E-state index < -0.39 is 18.0 Å². The summed E-state index contributed by atoms with van der Waals surface area (Å²) < 4.78 is 5.32. The van der Waals surface area contributed by atoms with Crippen LogP contribution in [0.1, 0.15) is 6.92 Å². The molecule has 0 heterocycles. The van der Waals surface area contributed by atoms with Crippen molar-refractivity contribution in [2.45, 2.75) is 13.0 Å². The topological polar surface area (TPSA) is 67.4 Å². The van der Waals surface area contributed by atoms with E-state index in [0.29, 0.717) is 5.02 Å². The number of benzene rings is 1. The van der Waals surface area contributed by atoms with Gasteiger partial charge >= 0.3 is 6.03 Å². The van der Waals surface area contributed by atoms with Crippen molar-refractivity contribution in [2.24, 2.45) is 0 Å². The van der Waals surface area contributed by atoms with E-state index in [1.165, 1.54) is 14.0 Å². The van der Waals surface area contributed by atoms with Gasteiger partial charge in [-0.3, -0.25) is 10.1 Å². The highest BCUT2D eigenvalue weighted by Crippen LogP contribution is 2.31. The Balaban J connectivity index is 2.69. The Hall–Kier alpha value is -1.46. The fraction of sp³-hybridized carbons (Fsp3) is 0.273. The molecular weight excluding hydrogens is 279 g/mol. The second kappa shape index (κ2) is 6.47. The summed E-state index contributed by atoms with van der Waals surface area (Å²) in [7, 11) is 1.40. The summed E-state index contributed by atoms with van der Waals surface area (Å²) in [5.41, 5.74) is 0. The first-order valence-corrected chi connectivity index (χ1v) is 5.84. The molecule has 1 unspecified atom stereocenters. The van der Waals surface area contributed by atoms with Crippen molar-refractivity contribution in [3.05, 3.63) is 28.2 Å². The number of halogens is 2. The maximum atomic E-state index is 11.5. The third-order valence-electron chi connectivity index (χ3n) is 2.05. The SMILES string of the molecule is CNC(=O)NC(=O)C(C)Oc1cccc(Cl)c1Cl. The third kappa shape index (κ3) is 3.78. The van der Waals surface area contributed by atoms with Crippen LogP contribution in [0.2, 0.25) is 10.0 Å². The van der Waals surface area contributed by atoms with Crippen LogP contribution in [0.3, 0.4) is 0 Å². The average molecular weight is 291 g/mol. The molecule has 3 amide bonds. The summed E-state index contributed by atoms with van der Waals surface area (Å²) in [4.78, 5) is 22.5. The lowest BCUT2D eigenvalue weighted by molar-refractivity contribution is -0.126. The summed E-state index contributed by atoms with van der Waals surface area (Å²) in [6.45, 7) is 1.50. The zero-order chi connectivity index (χ0) is 13.7. The Bertz CT molecular complexity index is 466. The molecule has 0 bridgehead atoms. The minimum absolute atomic E-state index is 0.221. The maximum absolute atomic E-state index is 11.5. The second-order valence-electron chi connectivity index (χ2n) is 3.38. The van der Waals surface area contributed by atoms with Crippen LogP contribution < -0.4 is 15.4 Å². The van der Waals surface area contributed by atoms with Gasteiger partial charge in [-0.1, -0.05) is 29.3 Å².